The highest BCUT2D eigenvalue weighted by Crippen LogP contribution is 2.30. The van der Waals surface area contributed by atoms with Crippen molar-refractivity contribution in [1.82, 2.24) is 0 Å². The second-order valence-corrected chi connectivity index (χ2v) is 7.43. The number of aryl methyl sites for hydroxylation is 3. The van der Waals surface area contributed by atoms with Gasteiger partial charge in [-0.3, -0.25) is 0 Å². The fourth-order valence-corrected chi connectivity index (χ4v) is 3.81. The van der Waals surface area contributed by atoms with Crippen molar-refractivity contribution in [3.05, 3.63) is 58.7 Å². The zero-order valence-corrected chi connectivity index (χ0v) is 16.1. The fraction of sp³-hybridized carbons (Fsp3) is 0.429. The van der Waals surface area contributed by atoms with E-state index in [-0.39, 0.29) is 0 Å². The Morgan fingerprint density at radius 2 is 1.83 bits per heavy atom. The van der Waals surface area contributed by atoms with E-state index >= 15 is 0 Å². The molecule has 0 aliphatic rings. The Labute approximate surface area is 150 Å². The molecule has 0 saturated carbocycles. The highest BCUT2D eigenvalue weighted by molar-refractivity contribution is 7.99. The van der Waals surface area contributed by atoms with Crippen LogP contribution in [-0.2, 0) is 11.2 Å². The van der Waals surface area contributed by atoms with Crippen LogP contribution in [-0.4, -0.2) is 19.7 Å². The van der Waals surface area contributed by atoms with E-state index in [4.69, 9.17) is 9.47 Å². The summed E-state index contributed by atoms with van der Waals surface area (Å²) in [4.78, 5) is 1.39. The van der Waals surface area contributed by atoms with Crippen molar-refractivity contribution in [2.45, 2.75) is 44.9 Å². The molecular formula is C21H27O2S. The van der Waals surface area contributed by atoms with Crippen molar-refractivity contribution in [1.29, 1.82) is 0 Å². The number of rotatable bonds is 8. The Kier molecular flexibility index (Phi) is 7.19. The standard InChI is InChI=1S/C21H27O2S/c1-15(2)19-13-18(9-10-20(19)23-14-22-5)11-12-24-21-16(3)7-6-8-17(21)4/h7-10,13,15H,11-12,14H2,1-5H3. The van der Waals surface area contributed by atoms with Gasteiger partial charge in [0.25, 0.3) is 0 Å². The summed E-state index contributed by atoms with van der Waals surface area (Å²) in [6.45, 7) is 9.00. The van der Waals surface area contributed by atoms with E-state index in [1.54, 1.807) is 7.11 Å². The van der Waals surface area contributed by atoms with E-state index in [2.05, 4.69) is 64.1 Å². The molecule has 0 N–H and O–H groups in total. The van der Waals surface area contributed by atoms with Crippen LogP contribution in [0.5, 0.6) is 5.75 Å². The first kappa shape index (κ1) is 18.9. The third-order valence-corrected chi connectivity index (χ3v) is 5.32. The maximum Gasteiger partial charge on any atom is 0.188 e. The van der Waals surface area contributed by atoms with Crippen LogP contribution in [0.4, 0.5) is 0 Å². The minimum Gasteiger partial charge on any atom is -0.467 e. The van der Waals surface area contributed by atoms with Crippen molar-refractivity contribution in [3.8, 4) is 5.75 Å². The number of hydrogen-bond acceptors (Lipinski definition) is 3. The first-order valence-electron chi connectivity index (χ1n) is 8.37. The number of benzene rings is 2. The van der Waals surface area contributed by atoms with Crippen LogP contribution in [0.3, 0.4) is 0 Å². The predicted octanol–water partition coefficient (Wildman–Crippen LogP) is 5.54. The van der Waals surface area contributed by atoms with Crippen molar-refractivity contribution in [3.63, 3.8) is 0 Å². The summed E-state index contributed by atoms with van der Waals surface area (Å²) in [6.07, 6.45) is 1.05. The summed E-state index contributed by atoms with van der Waals surface area (Å²) in [6, 6.07) is 13.8. The Morgan fingerprint density at radius 1 is 1.12 bits per heavy atom. The van der Waals surface area contributed by atoms with Gasteiger partial charge in [-0.05, 0) is 60.6 Å². The SMILES string of the molecule is COCOc1ccc(CCSc2c(C)c[c]cc2C)cc1C(C)C. The summed E-state index contributed by atoms with van der Waals surface area (Å²) in [5, 5.41) is 0. The third-order valence-electron chi connectivity index (χ3n) is 3.98. The van der Waals surface area contributed by atoms with Crippen LogP contribution >= 0.6 is 11.8 Å². The lowest BCUT2D eigenvalue weighted by Gasteiger charge is -2.15. The van der Waals surface area contributed by atoms with E-state index in [9.17, 15) is 0 Å². The van der Waals surface area contributed by atoms with Gasteiger partial charge in [0, 0.05) is 17.8 Å². The molecule has 2 aromatic rings. The molecule has 0 aromatic heterocycles. The topological polar surface area (TPSA) is 18.5 Å². The molecule has 2 rings (SSSR count). The van der Waals surface area contributed by atoms with Gasteiger partial charge < -0.3 is 9.47 Å². The molecular weight excluding hydrogens is 316 g/mol. The number of thioether (sulfide) groups is 1. The molecule has 1 radical (unpaired) electrons. The van der Waals surface area contributed by atoms with Gasteiger partial charge in [-0.25, -0.2) is 0 Å². The van der Waals surface area contributed by atoms with Crippen LogP contribution in [0.2, 0.25) is 0 Å². The molecule has 0 heterocycles. The van der Waals surface area contributed by atoms with Crippen molar-refractivity contribution in [2.75, 3.05) is 19.7 Å². The number of hydrogen-bond donors (Lipinski definition) is 0. The monoisotopic (exact) mass is 343 g/mol. The normalized spacial score (nSPS) is 11.1. The molecule has 0 bridgehead atoms. The van der Waals surface area contributed by atoms with Crippen LogP contribution in [0.1, 0.15) is 42.0 Å². The summed E-state index contributed by atoms with van der Waals surface area (Å²) >= 11 is 1.93. The molecule has 24 heavy (non-hydrogen) atoms. The first-order valence-corrected chi connectivity index (χ1v) is 9.36. The van der Waals surface area contributed by atoms with Crippen molar-refractivity contribution < 1.29 is 9.47 Å². The van der Waals surface area contributed by atoms with Gasteiger partial charge in [0.15, 0.2) is 6.79 Å². The van der Waals surface area contributed by atoms with E-state index in [1.165, 1.54) is 27.1 Å². The molecule has 2 nitrogen and oxygen atoms in total. The lowest BCUT2D eigenvalue weighted by molar-refractivity contribution is 0.0502. The predicted molar refractivity (Wildman–Crippen MR) is 102 cm³/mol. The maximum absolute atomic E-state index is 5.68. The van der Waals surface area contributed by atoms with Gasteiger partial charge in [-0.2, -0.15) is 0 Å². The molecule has 0 unspecified atom stereocenters. The van der Waals surface area contributed by atoms with Crippen LogP contribution < -0.4 is 4.74 Å². The Balaban J connectivity index is 2.03. The van der Waals surface area contributed by atoms with E-state index in [0.29, 0.717) is 12.7 Å². The molecule has 0 atom stereocenters. The highest BCUT2D eigenvalue weighted by Gasteiger charge is 2.10. The summed E-state index contributed by atoms with van der Waals surface area (Å²) < 4.78 is 10.7. The highest BCUT2D eigenvalue weighted by atomic mass is 32.2. The Hall–Kier alpha value is -1.45. The largest absolute Gasteiger partial charge is 0.467 e. The maximum atomic E-state index is 5.68. The second kappa shape index (κ2) is 9.14. The van der Waals surface area contributed by atoms with Crippen molar-refractivity contribution >= 4 is 11.8 Å². The molecule has 2 aromatic carbocycles. The second-order valence-electron chi connectivity index (χ2n) is 6.33. The van der Waals surface area contributed by atoms with Gasteiger partial charge in [0.2, 0.25) is 0 Å². The summed E-state index contributed by atoms with van der Waals surface area (Å²) in [5.74, 6) is 2.42. The number of methoxy groups -OCH3 is 1. The Bertz CT molecular complexity index is 645. The molecule has 0 amide bonds. The average Bonchev–Trinajstić information content (AvgIpc) is 2.56. The van der Waals surface area contributed by atoms with Crippen LogP contribution in [0.15, 0.2) is 35.2 Å². The fourth-order valence-electron chi connectivity index (χ4n) is 2.69. The Morgan fingerprint density at radius 3 is 2.46 bits per heavy atom. The molecule has 0 saturated heterocycles. The van der Waals surface area contributed by atoms with E-state index in [0.717, 1.165) is 17.9 Å². The third kappa shape index (κ3) is 5.02. The van der Waals surface area contributed by atoms with Gasteiger partial charge >= 0.3 is 0 Å². The quantitative estimate of drug-likeness (QED) is 0.463. The van der Waals surface area contributed by atoms with Gasteiger partial charge in [0.1, 0.15) is 5.75 Å². The molecule has 0 fully saturated rings. The van der Waals surface area contributed by atoms with Crippen LogP contribution in [0.25, 0.3) is 0 Å². The minimum atomic E-state index is 0.290. The van der Waals surface area contributed by atoms with E-state index < -0.39 is 0 Å². The zero-order chi connectivity index (χ0) is 17.5. The average molecular weight is 344 g/mol. The molecule has 129 valence electrons. The smallest absolute Gasteiger partial charge is 0.188 e. The van der Waals surface area contributed by atoms with Crippen LogP contribution in [0, 0.1) is 19.9 Å². The molecule has 0 aliphatic carbocycles. The molecule has 0 aliphatic heterocycles. The molecule has 0 spiro atoms. The van der Waals surface area contributed by atoms with E-state index in [1.807, 2.05) is 11.8 Å². The first-order chi connectivity index (χ1) is 11.5. The lowest BCUT2D eigenvalue weighted by atomic mass is 9.99. The minimum absolute atomic E-state index is 0.290. The lowest BCUT2D eigenvalue weighted by Crippen LogP contribution is -2.03. The molecule has 3 heteroatoms. The number of ether oxygens (including phenoxy) is 2. The van der Waals surface area contributed by atoms with Gasteiger partial charge in [-0.1, -0.05) is 38.1 Å². The van der Waals surface area contributed by atoms with Gasteiger partial charge in [0.05, 0.1) is 0 Å². The summed E-state index contributed by atoms with van der Waals surface area (Å²) in [7, 11) is 1.64. The summed E-state index contributed by atoms with van der Waals surface area (Å²) in [5.41, 5.74) is 5.22. The van der Waals surface area contributed by atoms with Crippen molar-refractivity contribution in [2.24, 2.45) is 0 Å². The van der Waals surface area contributed by atoms with Gasteiger partial charge in [-0.15, -0.1) is 11.8 Å². The zero-order valence-electron chi connectivity index (χ0n) is 15.3.